The average molecular weight is 174 g/mol. The van der Waals surface area contributed by atoms with Crippen LogP contribution in [-0.4, -0.2) is 24.4 Å². The lowest BCUT2D eigenvalue weighted by atomic mass is 9.98. The van der Waals surface area contributed by atoms with Gasteiger partial charge in [0.1, 0.15) is 0 Å². The molecular weight excluding hydrogens is 152 g/mol. The van der Waals surface area contributed by atoms with E-state index in [0.29, 0.717) is 0 Å². The molecule has 0 saturated carbocycles. The molecule has 0 amide bonds. The molecule has 1 N–H and O–H groups in total. The Balaban J connectivity index is 3.79. The molecule has 74 valence electrons. The summed E-state index contributed by atoms with van der Waals surface area (Å²) in [7, 11) is 1.67. The molecule has 2 heteroatoms. The van der Waals surface area contributed by atoms with Gasteiger partial charge in [0, 0.05) is 7.11 Å². The van der Waals surface area contributed by atoms with Crippen LogP contribution in [0.1, 0.15) is 40.0 Å². The van der Waals surface area contributed by atoms with Crippen LogP contribution in [0.4, 0.5) is 0 Å². The number of unbranched alkanes of at least 4 members (excludes halogenated alkanes) is 1. The van der Waals surface area contributed by atoms with Crippen LogP contribution < -0.4 is 0 Å². The fraction of sp³-hybridized carbons (Fsp3) is 1.00. The first-order chi connectivity index (χ1) is 5.63. The molecule has 0 rings (SSSR count). The second-order valence-corrected chi connectivity index (χ2v) is 3.65. The van der Waals surface area contributed by atoms with Crippen molar-refractivity contribution in [1.29, 1.82) is 0 Å². The molecule has 0 aromatic carbocycles. The lowest BCUT2D eigenvalue weighted by molar-refractivity contribution is -0.0388. The van der Waals surface area contributed by atoms with Crippen LogP contribution >= 0.6 is 0 Å². The standard InChI is InChI=1S/C10H22O2/c1-5-6-7-9(12-4)10(11)8(2)3/h8-11H,5-7H2,1-4H3. The van der Waals surface area contributed by atoms with Gasteiger partial charge < -0.3 is 9.84 Å². The summed E-state index contributed by atoms with van der Waals surface area (Å²) in [5.74, 6) is 0.284. The number of methoxy groups -OCH3 is 1. The smallest absolute Gasteiger partial charge is 0.0832 e. The quantitative estimate of drug-likeness (QED) is 0.669. The highest BCUT2D eigenvalue weighted by atomic mass is 16.5. The third kappa shape index (κ3) is 4.07. The van der Waals surface area contributed by atoms with Gasteiger partial charge in [0.05, 0.1) is 12.2 Å². The zero-order valence-electron chi connectivity index (χ0n) is 8.71. The van der Waals surface area contributed by atoms with Crippen LogP contribution in [0, 0.1) is 5.92 Å². The van der Waals surface area contributed by atoms with Crippen molar-refractivity contribution in [2.45, 2.75) is 52.2 Å². The Labute approximate surface area is 75.9 Å². The number of rotatable bonds is 6. The fourth-order valence-corrected chi connectivity index (χ4v) is 1.26. The molecular formula is C10H22O2. The normalized spacial score (nSPS) is 16.5. The van der Waals surface area contributed by atoms with Crippen LogP contribution in [0.5, 0.6) is 0 Å². The second kappa shape index (κ2) is 6.44. The summed E-state index contributed by atoms with van der Waals surface area (Å²) < 4.78 is 5.23. The summed E-state index contributed by atoms with van der Waals surface area (Å²) in [4.78, 5) is 0. The van der Waals surface area contributed by atoms with E-state index in [4.69, 9.17) is 4.74 Å². The van der Waals surface area contributed by atoms with Gasteiger partial charge in [-0.3, -0.25) is 0 Å². The Kier molecular flexibility index (Phi) is 6.39. The van der Waals surface area contributed by atoms with E-state index >= 15 is 0 Å². The van der Waals surface area contributed by atoms with Crippen LogP contribution in [0.15, 0.2) is 0 Å². The first kappa shape index (κ1) is 11.9. The van der Waals surface area contributed by atoms with E-state index in [0.717, 1.165) is 19.3 Å². The maximum absolute atomic E-state index is 9.69. The van der Waals surface area contributed by atoms with Crippen molar-refractivity contribution in [2.24, 2.45) is 5.92 Å². The van der Waals surface area contributed by atoms with Crippen molar-refractivity contribution in [1.82, 2.24) is 0 Å². The van der Waals surface area contributed by atoms with Crippen molar-refractivity contribution in [2.75, 3.05) is 7.11 Å². The first-order valence-corrected chi connectivity index (χ1v) is 4.84. The monoisotopic (exact) mass is 174 g/mol. The molecule has 2 unspecified atom stereocenters. The van der Waals surface area contributed by atoms with Gasteiger partial charge in [-0.1, -0.05) is 33.6 Å². The maximum atomic E-state index is 9.69. The predicted octanol–water partition coefficient (Wildman–Crippen LogP) is 2.21. The van der Waals surface area contributed by atoms with Gasteiger partial charge in [0.15, 0.2) is 0 Å². The third-order valence-electron chi connectivity index (χ3n) is 2.21. The summed E-state index contributed by atoms with van der Waals surface area (Å²) in [5, 5.41) is 9.69. The Bertz CT molecular complexity index is 102. The minimum atomic E-state index is -0.318. The Hall–Kier alpha value is -0.0800. The molecule has 0 spiro atoms. The average Bonchev–Trinajstić information content (AvgIpc) is 2.05. The van der Waals surface area contributed by atoms with Crippen LogP contribution in [-0.2, 0) is 4.74 Å². The molecule has 0 heterocycles. The number of aliphatic hydroxyl groups excluding tert-OH is 1. The zero-order chi connectivity index (χ0) is 9.56. The van der Waals surface area contributed by atoms with Crippen molar-refractivity contribution in [3.05, 3.63) is 0 Å². The summed E-state index contributed by atoms with van der Waals surface area (Å²) >= 11 is 0. The van der Waals surface area contributed by atoms with E-state index in [1.54, 1.807) is 7.11 Å². The van der Waals surface area contributed by atoms with Gasteiger partial charge in [-0.05, 0) is 12.3 Å². The summed E-state index contributed by atoms with van der Waals surface area (Å²) in [6.07, 6.45) is 2.95. The van der Waals surface area contributed by atoms with Crippen molar-refractivity contribution >= 4 is 0 Å². The van der Waals surface area contributed by atoms with Gasteiger partial charge in [0.2, 0.25) is 0 Å². The van der Waals surface area contributed by atoms with Gasteiger partial charge in [-0.15, -0.1) is 0 Å². The lowest BCUT2D eigenvalue weighted by Gasteiger charge is -2.24. The molecule has 0 saturated heterocycles. The molecule has 0 aromatic heterocycles. The molecule has 0 aliphatic heterocycles. The molecule has 0 aromatic rings. The topological polar surface area (TPSA) is 29.5 Å². The summed E-state index contributed by atoms with van der Waals surface area (Å²) in [6.45, 7) is 6.18. The van der Waals surface area contributed by atoms with Crippen LogP contribution in [0.3, 0.4) is 0 Å². The van der Waals surface area contributed by atoms with E-state index in [2.05, 4.69) is 6.92 Å². The van der Waals surface area contributed by atoms with E-state index in [9.17, 15) is 5.11 Å². The number of aliphatic hydroxyl groups is 1. The summed E-state index contributed by atoms with van der Waals surface area (Å²) in [5.41, 5.74) is 0. The molecule has 2 atom stereocenters. The van der Waals surface area contributed by atoms with E-state index < -0.39 is 0 Å². The number of hydrogen-bond acceptors (Lipinski definition) is 2. The lowest BCUT2D eigenvalue weighted by Crippen LogP contribution is -2.32. The Morgan fingerprint density at radius 2 is 1.92 bits per heavy atom. The molecule has 2 nitrogen and oxygen atoms in total. The molecule has 12 heavy (non-hydrogen) atoms. The third-order valence-corrected chi connectivity index (χ3v) is 2.21. The second-order valence-electron chi connectivity index (χ2n) is 3.65. The molecule has 0 aliphatic rings. The van der Waals surface area contributed by atoms with Gasteiger partial charge in [-0.2, -0.15) is 0 Å². The van der Waals surface area contributed by atoms with Gasteiger partial charge in [0.25, 0.3) is 0 Å². The van der Waals surface area contributed by atoms with Crippen LogP contribution in [0.2, 0.25) is 0 Å². The fourth-order valence-electron chi connectivity index (χ4n) is 1.26. The largest absolute Gasteiger partial charge is 0.390 e. The summed E-state index contributed by atoms with van der Waals surface area (Å²) in [6, 6.07) is 0. The van der Waals surface area contributed by atoms with Gasteiger partial charge >= 0.3 is 0 Å². The predicted molar refractivity (Wildman–Crippen MR) is 51.2 cm³/mol. The highest BCUT2D eigenvalue weighted by Crippen LogP contribution is 2.14. The van der Waals surface area contributed by atoms with E-state index in [-0.39, 0.29) is 18.1 Å². The van der Waals surface area contributed by atoms with Crippen molar-refractivity contribution in [3.8, 4) is 0 Å². The molecule has 0 radical (unpaired) electrons. The highest BCUT2D eigenvalue weighted by molar-refractivity contribution is 4.71. The van der Waals surface area contributed by atoms with Gasteiger partial charge in [-0.25, -0.2) is 0 Å². The molecule has 0 fully saturated rings. The minimum Gasteiger partial charge on any atom is -0.390 e. The van der Waals surface area contributed by atoms with Crippen molar-refractivity contribution in [3.63, 3.8) is 0 Å². The highest BCUT2D eigenvalue weighted by Gasteiger charge is 2.20. The van der Waals surface area contributed by atoms with Crippen molar-refractivity contribution < 1.29 is 9.84 Å². The Morgan fingerprint density at radius 3 is 2.25 bits per heavy atom. The SMILES string of the molecule is CCCCC(OC)C(O)C(C)C. The molecule has 0 bridgehead atoms. The van der Waals surface area contributed by atoms with Crippen LogP contribution in [0.25, 0.3) is 0 Å². The maximum Gasteiger partial charge on any atom is 0.0832 e. The number of ether oxygens (including phenoxy) is 1. The number of hydrogen-bond donors (Lipinski definition) is 1. The van der Waals surface area contributed by atoms with E-state index in [1.807, 2.05) is 13.8 Å². The minimum absolute atomic E-state index is 0.0185. The zero-order valence-corrected chi connectivity index (χ0v) is 8.71. The first-order valence-electron chi connectivity index (χ1n) is 4.84. The van der Waals surface area contributed by atoms with E-state index in [1.165, 1.54) is 0 Å². The molecule has 0 aliphatic carbocycles. The Morgan fingerprint density at radius 1 is 1.33 bits per heavy atom.